The van der Waals surface area contributed by atoms with Crippen LogP contribution in [-0.2, 0) is 12.8 Å². The van der Waals surface area contributed by atoms with E-state index in [1.807, 2.05) is 12.1 Å². The maximum Gasteiger partial charge on any atom is 0.283 e. The van der Waals surface area contributed by atoms with Gasteiger partial charge in [-0.05, 0) is 42.4 Å². The van der Waals surface area contributed by atoms with Crippen LogP contribution in [0.3, 0.4) is 0 Å². The largest absolute Gasteiger partial charge is 0.349 e. The molecule has 5 nitrogen and oxygen atoms in total. The zero-order chi connectivity index (χ0) is 16.4. The first kappa shape index (κ1) is 15.6. The fraction of sp³-hybridized carbons (Fsp3) is 0.235. The predicted molar refractivity (Wildman–Crippen MR) is 90.0 cm³/mol. The molecule has 2 aromatic rings. The number of carbonyl (C=O) groups is 1. The molecule has 0 atom stereocenters. The van der Waals surface area contributed by atoms with Gasteiger partial charge in [-0.2, -0.15) is 0 Å². The molecule has 0 aliphatic heterocycles. The first-order valence-electron chi connectivity index (χ1n) is 7.28. The molecule has 3 rings (SSSR count). The maximum absolute atomic E-state index is 12.4. The molecule has 0 spiro atoms. The van der Waals surface area contributed by atoms with Crippen LogP contribution in [0.2, 0.25) is 0 Å². The van der Waals surface area contributed by atoms with Crippen molar-refractivity contribution >= 4 is 23.4 Å². The quantitative estimate of drug-likeness (QED) is 0.531. The van der Waals surface area contributed by atoms with E-state index in [9.17, 15) is 14.9 Å². The minimum atomic E-state index is -0.450. The van der Waals surface area contributed by atoms with Gasteiger partial charge in [0.2, 0.25) is 0 Å². The highest BCUT2D eigenvalue weighted by Gasteiger charge is 2.24. The number of hydrogen-bond donors (Lipinski definition) is 1. The third kappa shape index (κ3) is 3.22. The number of nitro groups is 1. The number of nitro benzene ring substituents is 1. The van der Waals surface area contributed by atoms with Crippen LogP contribution in [0.5, 0.6) is 0 Å². The number of thioether (sulfide) groups is 1. The van der Waals surface area contributed by atoms with Gasteiger partial charge in [-0.3, -0.25) is 14.9 Å². The van der Waals surface area contributed by atoms with Crippen molar-refractivity contribution in [3.8, 4) is 0 Å². The van der Waals surface area contributed by atoms with Crippen molar-refractivity contribution in [2.45, 2.75) is 23.8 Å². The molecule has 0 unspecified atom stereocenters. The van der Waals surface area contributed by atoms with Crippen LogP contribution in [0.4, 0.5) is 5.69 Å². The Labute approximate surface area is 138 Å². The Balaban J connectivity index is 1.75. The highest BCUT2D eigenvalue weighted by atomic mass is 32.2. The zero-order valence-electron chi connectivity index (χ0n) is 12.6. The van der Waals surface area contributed by atoms with Gasteiger partial charge in [-0.1, -0.05) is 24.3 Å². The average Bonchev–Trinajstić information content (AvgIpc) is 2.96. The fourth-order valence-electron chi connectivity index (χ4n) is 2.90. The number of hydrogen-bond acceptors (Lipinski definition) is 4. The van der Waals surface area contributed by atoms with E-state index in [1.54, 1.807) is 18.4 Å². The van der Waals surface area contributed by atoms with Gasteiger partial charge in [0.1, 0.15) is 0 Å². The summed E-state index contributed by atoms with van der Waals surface area (Å²) in [6, 6.07) is 12.8. The summed E-state index contributed by atoms with van der Waals surface area (Å²) >= 11 is 1.30. The fourth-order valence-corrected chi connectivity index (χ4v) is 3.45. The van der Waals surface area contributed by atoms with Crippen molar-refractivity contribution in [1.82, 2.24) is 5.32 Å². The zero-order valence-corrected chi connectivity index (χ0v) is 13.4. The van der Waals surface area contributed by atoms with Crippen molar-refractivity contribution in [1.29, 1.82) is 0 Å². The van der Waals surface area contributed by atoms with E-state index in [4.69, 9.17) is 0 Å². The summed E-state index contributed by atoms with van der Waals surface area (Å²) in [4.78, 5) is 23.6. The van der Waals surface area contributed by atoms with Crippen LogP contribution in [0.1, 0.15) is 21.5 Å². The van der Waals surface area contributed by atoms with E-state index in [1.165, 1.54) is 29.0 Å². The summed E-state index contributed by atoms with van der Waals surface area (Å²) in [6.07, 6.45) is 3.37. The van der Waals surface area contributed by atoms with E-state index < -0.39 is 4.92 Å². The lowest BCUT2D eigenvalue weighted by molar-refractivity contribution is -0.387. The Morgan fingerprint density at radius 2 is 1.87 bits per heavy atom. The molecule has 2 aromatic carbocycles. The Morgan fingerprint density at radius 1 is 1.22 bits per heavy atom. The summed E-state index contributed by atoms with van der Waals surface area (Å²) in [5.41, 5.74) is 2.80. The Morgan fingerprint density at radius 3 is 2.43 bits per heavy atom. The number of fused-ring (bicyclic) bond motifs is 1. The van der Waals surface area contributed by atoms with Gasteiger partial charge in [0.25, 0.3) is 11.6 Å². The molecule has 0 saturated carbocycles. The molecule has 1 aliphatic rings. The molecule has 23 heavy (non-hydrogen) atoms. The normalized spacial score (nSPS) is 13.6. The Kier molecular flexibility index (Phi) is 4.34. The monoisotopic (exact) mass is 328 g/mol. The molecule has 0 aromatic heterocycles. The average molecular weight is 328 g/mol. The highest BCUT2D eigenvalue weighted by Crippen LogP contribution is 2.28. The summed E-state index contributed by atoms with van der Waals surface area (Å²) in [5.74, 6) is -0.265. The van der Waals surface area contributed by atoms with E-state index in [2.05, 4.69) is 17.4 Å². The molecule has 1 amide bonds. The number of nitrogens with zero attached hydrogens (tertiary/aromatic N) is 1. The number of nitrogens with one attached hydrogen (secondary N) is 1. The molecule has 1 N–H and O–H groups in total. The smallest absolute Gasteiger partial charge is 0.283 e. The third-order valence-corrected chi connectivity index (χ3v) is 4.81. The molecule has 118 valence electrons. The second kappa shape index (κ2) is 6.42. The molecule has 0 radical (unpaired) electrons. The maximum atomic E-state index is 12.4. The summed E-state index contributed by atoms with van der Waals surface area (Å²) in [6.45, 7) is 0. The lowest BCUT2D eigenvalue weighted by Gasteiger charge is -2.12. The number of amides is 1. The molecule has 0 heterocycles. The standard InChI is InChI=1S/C17H16N2O3S/c1-23-16-7-6-13(10-15(16)19(21)22)17(20)18-14-8-11-4-2-3-5-12(11)9-14/h2-7,10,14H,8-9H2,1H3,(H,18,20). The lowest BCUT2D eigenvalue weighted by Crippen LogP contribution is -2.35. The molecule has 0 bridgehead atoms. The van der Waals surface area contributed by atoms with Gasteiger partial charge in [-0.25, -0.2) is 0 Å². The first-order chi connectivity index (χ1) is 11.1. The molecule has 0 saturated heterocycles. The molecular weight excluding hydrogens is 312 g/mol. The van der Waals surface area contributed by atoms with Crippen molar-refractivity contribution in [2.24, 2.45) is 0 Å². The van der Waals surface area contributed by atoms with Gasteiger partial charge in [0.15, 0.2) is 0 Å². The Bertz CT molecular complexity index is 751. The van der Waals surface area contributed by atoms with E-state index >= 15 is 0 Å². The van der Waals surface area contributed by atoms with Crippen LogP contribution in [0, 0.1) is 10.1 Å². The van der Waals surface area contributed by atoms with E-state index in [0.29, 0.717) is 10.5 Å². The second-order valence-corrected chi connectivity index (χ2v) is 6.34. The van der Waals surface area contributed by atoms with Crippen LogP contribution in [-0.4, -0.2) is 23.1 Å². The van der Waals surface area contributed by atoms with Gasteiger partial charge in [0, 0.05) is 17.7 Å². The first-order valence-corrected chi connectivity index (χ1v) is 8.51. The van der Waals surface area contributed by atoms with Crippen molar-refractivity contribution in [3.05, 3.63) is 69.3 Å². The van der Waals surface area contributed by atoms with Gasteiger partial charge < -0.3 is 5.32 Å². The third-order valence-electron chi connectivity index (χ3n) is 4.02. The van der Waals surface area contributed by atoms with Crippen molar-refractivity contribution < 1.29 is 9.72 Å². The van der Waals surface area contributed by atoms with Crippen LogP contribution >= 0.6 is 11.8 Å². The lowest BCUT2D eigenvalue weighted by atomic mass is 10.1. The summed E-state index contributed by atoms with van der Waals surface area (Å²) < 4.78 is 0. The van der Waals surface area contributed by atoms with E-state index in [-0.39, 0.29) is 17.6 Å². The molecular formula is C17H16N2O3S. The molecule has 0 fully saturated rings. The topological polar surface area (TPSA) is 72.2 Å². The molecule has 1 aliphatic carbocycles. The minimum absolute atomic E-state index is 0.0279. The van der Waals surface area contributed by atoms with Gasteiger partial charge >= 0.3 is 0 Å². The van der Waals surface area contributed by atoms with Crippen LogP contribution < -0.4 is 5.32 Å². The van der Waals surface area contributed by atoms with Gasteiger partial charge in [-0.15, -0.1) is 11.8 Å². The molecule has 6 heteroatoms. The minimum Gasteiger partial charge on any atom is -0.349 e. The number of carbonyl (C=O) groups excluding carboxylic acids is 1. The van der Waals surface area contributed by atoms with Crippen molar-refractivity contribution in [3.63, 3.8) is 0 Å². The van der Waals surface area contributed by atoms with Crippen LogP contribution in [0.15, 0.2) is 47.4 Å². The van der Waals surface area contributed by atoms with Crippen molar-refractivity contribution in [2.75, 3.05) is 6.26 Å². The number of benzene rings is 2. The second-order valence-electron chi connectivity index (χ2n) is 5.49. The summed E-state index contributed by atoms with van der Waals surface area (Å²) in [7, 11) is 0. The highest BCUT2D eigenvalue weighted by molar-refractivity contribution is 7.98. The van der Waals surface area contributed by atoms with Gasteiger partial charge in [0.05, 0.1) is 9.82 Å². The number of rotatable bonds is 4. The summed E-state index contributed by atoms with van der Waals surface area (Å²) in [5, 5.41) is 14.1. The Hall–Kier alpha value is -2.34. The van der Waals surface area contributed by atoms with E-state index in [0.717, 1.165) is 12.8 Å². The SMILES string of the molecule is CSc1ccc(C(=O)NC2Cc3ccccc3C2)cc1[N+](=O)[O-]. The predicted octanol–water partition coefficient (Wildman–Crippen LogP) is 3.21. The van der Waals surface area contributed by atoms with Crippen LogP contribution in [0.25, 0.3) is 0 Å².